The van der Waals surface area contributed by atoms with E-state index in [4.69, 9.17) is 15.0 Å². The molecule has 260 valence electrons. The molecule has 0 fully saturated rings. The van der Waals surface area contributed by atoms with E-state index in [0.717, 1.165) is 27.8 Å². The van der Waals surface area contributed by atoms with Crippen LogP contribution in [0.1, 0.15) is 0 Å². The van der Waals surface area contributed by atoms with Crippen molar-refractivity contribution in [1.82, 2.24) is 15.0 Å². The van der Waals surface area contributed by atoms with E-state index in [2.05, 4.69) is 188 Å². The quantitative estimate of drug-likeness (QED) is 0.110. The largest absolute Gasteiger partial charge is 0.208 e. The summed E-state index contributed by atoms with van der Waals surface area (Å²) >= 11 is 0. The monoisotopic (exact) mass is 719 g/mol. The molecule has 0 atom stereocenters. The van der Waals surface area contributed by atoms with Gasteiger partial charge >= 0.3 is 0 Å². The Morgan fingerprint density at radius 2 is 0.527 bits per heavy atom. The van der Waals surface area contributed by atoms with E-state index in [1.165, 1.54) is 31.9 Å². The van der Waals surface area contributed by atoms with Gasteiger partial charge in [-0.2, -0.15) is 0 Å². The highest BCUT2D eigenvalue weighted by molar-refractivity contribution is 7.20. The summed E-state index contributed by atoms with van der Waals surface area (Å²) < 4.78 is 0. The Labute approximate surface area is 323 Å². The molecule has 8 aromatic carbocycles. The molecule has 0 bridgehead atoms. The second-order valence-electron chi connectivity index (χ2n) is 13.6. The van der Waals surface area contributed by atoms with Crippen LogP contribution < -0.4 is 20.7 Å². The van der Waals surface area contributed by atoms with Crippen LogP contribution >= 0.6 is 0 Å². The molecular formula is C51H37N3Si. The van der Waals surface area contributed by atoms with Crippen LogP contribution in [0.15, 0.2) is 224 Å². The number of rotatable bonds is 9. The molecule has 0 amide bonds. The molecule has 0 unspecified atom stereocenters. The average molecular weight is 720 g/mol. The van der Waals surface area contributed by atoms with Crippen LogP contribution in [0.4, 0.5) is 0 Å². The summed E-state index contributed by atoms with van der Waals surface area (Å²) in [6.07, 6.45) is 0. The van der Waals surface area contributed by atoms with Gasteiger partial charge in [0.05, 0.1) is 0 Å². The fourth-order valence-corrected chi connectivity index (χ4v) is 12.4. The van der Waals surface area contributed by atoms with Crippen molar-refractivity contribution in [3.8, 4) is 56.4 Å². The second-order valence-corrected chi connectivity index (χ2v) is 17.4. The molecule has 0 aliphatic heterocycles. The summed E-state index contributed by atoms with van der Waals surface area (Å²) in [5, 5.41) is 5.15. The molecule has 4 heteroatoms. The lowest BCUT2D eigenvalue weighted by Gasteiger charge is -2.35. The maximum absolute atomic E-state index is 5.21. The fraction of sp³-hybridized carbons (Fsp3) is 0. The highest BCUT2D eigenvalue weighted by Gasteiger charge is 2.42. The van der Waals surface area contributed by atoms with Crippen molar-refractivity contribution < 1.29 is 0 Å². The van der Waals surface area contributed by atoms with Gasteiger partial charge in [-0.3, -0.25) is 0 Å². The minimum absolute atomic E-state index is 0.634. The van der Waals surface area contributed by atoms with Gasteiger partial charge in [0.1, 0.15) is 0 Å². The van der Waals surface area contributed by atoms with Crippen molar-refractivity contribution in [3.63, 3.8) is 0 Å². The topological polar surface area (TPSA) is 38.7 Å². The fourth-order valence-electron chi connectivity index (χ4n) is 7.63. The Morgan fingerprint density at radius 3 is 0.964 bits per heavy atom. The lowest BCUT2D eigenvalue weighted by molar-refractivity contribution is 1.07. The Balaban J connectivity index is 1.35. The first-order chi connectivity index (χ1) is 27.3. The van der Waals surface area contributed by atoms with E-state index in [1.54, 1.807) is 0 Å². The maximum atomic E-state index is 5.21. The van der Waals surface area contributed by atoms with Crippen LogP contribution in [0.3, 0.4) is 0 Å². The standard InChI is InChI=1S/C51H37N3Si/c1-7-19-38(20-8-1)40-31-33-47(34-32-40)55(45-27-15-5-16-28-45,46-29-17-6-18-30-46)48-36-43(39-21-9-2-10-22-39)35-44(37-48)51-53-49(41-23-11-3-12-24-41)52-50(54-51)42-25-13-4-14-26-42/h1-37H. The van der Waals surface area contributed by atoms with Gasteiger partial charge in [-0.05, 0) is 49.1 Å². The average Bonchev–Trinajstić information content (AvgIpc) is 3.28. The molecule has 0 saturated heterocycles. The molecule has 0 radical (unpaired) electrons. The molecule has 9 aromatic rings. The van der Waals surface area contributed by atoms with Crippen LogP contribution in [-0.4, -0.2) is 23.0 Å². The zero-order valence-electron chi connectivity index (χ0n) is 30.2. The number of nitrogens with zero attached hydrogens (tertiary/aromatic N) is 3. The Bertz CT molecular complexity index is 2560. The Kier molecular flexibility index (Phi) is 9.31. The lowest BCUT2D eigenvalue weighted by Crippen LogP contribution is -2.74. The zero-order valence-corrected chi connectivity index (χ0v) is 31.2. The smallest absolute Gasteiger partial charge is 0.179 e. The third kappa shape index (κ3) is 6.72. The van der Waals surface area contributed by atoms with Crippen molar-refractivity contribution in [2.45, 2.75) is 0 Å². The summed E-state index contributed by atoms with van der Waals surface area (Å²) in [5.41, 5.74) is 7.47. The molecule has 0 aliphatic rings. The molecule has 0 aliphatic carbocycles. The molecular weight excluding hydrogens is 683 g/mol. The van der Waals surface area contributed by atoms with E-state index in [1.807, 2.05) is 36.4 Å². The third-order valence-corrected chi connectivity index (χ3v) is 15.0. The minimum Gasteiger partial charge on any atom is -0.208 e. The molecule has 0 N–H and O–H groups in total. The summed E-state index contributed by atoms with van der Waals surface area (Å²) in [6, 6.07) is 80.0. The van der Waals surface area contributed by atoms with Gasteiger partial charge < -0.3 is 0 Å². The zero-order chi connectivity index (χ0) is 36.9. The van der Waals surface area contributed by atoms with Gasteiger partial charge in [0.25, 0.3) is 0 Å². The van der Waals surface area contributed by atoms with Gasteiger partial charge in [0.2, 0.25) is 0 Å². The van der Waals surface area contributed by atoms with E-state index >= 15 is 0 Å². The first-order valence-electron chi connectivity index (χ1n) is 18.6. The number of hydrogen-bond donors (Lipinski definition) is 0. The summed E-state index contributed by atoms with van der Waals surface area (Å²) in [6.45, 7) is 0. The van der Waals surface area contributed by atoms with Gasteiger partial charge in [0.15, 0.2) is 25.5 Å². The summed E-state index contributed by atoms with van der Waals surface area (Å²) in [7, 11) is -2.98. The SMILES string of the molecule is c1ccc(-c2ccc([Si](c3ccccc3)(c3ccccc3)c3cc(-c4ccccc4)cc(-c4nc(-c5ccccc5)nc(-c5ccccc5)n4)c3)cc2)cc1. The van der Waals surface area contributed by atoms with E-state index in [9.17, 15) is 0 Å². The molecule has 55 heavy (non-hydrogen) atoms. The van der Waals surface area contributed by atoms with E-state index < -0.39 is 8.07 Å². The molecule has 0 spiro atoms. The molecule has 1 aromatic heterocycles. The first kappa shape index (κ1) is 33.8. The van der Waals surface area contributed by atoms with Crippen LogP contribution in [-0.2, 0) is 0 Å². The van der Waals surface area contributed by atoms with Gasteiger partial charge in [-0.15, -0.1) is 0 Å². The van der Waals surface area contributed by atoms with Gasteiger partial charge in [-0.1, -0.05) is 218 Å². The van der Waals surface area contributed by atoms with Gasteiger partial charge in [0, 0.05) is 16.7 Å². The highest BCUT2D eigenvalue weighted by atomic mass is 28.3. The molecule has 0 saturated carbocycles. The second kappa shape index (κ2) is 15.2. The predicted octanol–water partition coefficient (Wildman–Crippen LogP) is 9.58. The van der Waals surface area contributed by atoms with Gasteiger partial charge in [-0.25, -0.2) is 15.0 Å². The maximum Gasteiger partial charge on any atom is 0.179 e. The normalized spacial score (nSPS) is 11.3. The predicted molar refractivity (Wildman–Crippen MR) is 231 cm³/mol. The summed E-state index contributed by atoms with van der Waals surface area (Å²) in [4.78, 5) is 15.4. The van der Waals surface area contributed by atoms with Crippen molar-refractivity contribution in [2.75, 3.05) is 0 Å². The highest BCUT2D eigenvalue weighted by Crippen LogP contribution is 2.29. The minimum atomic E-state index is -2.98. The van der Waals surface area contributed by atoms with E-state index in [0.29, 0.717) is 17.5 Å². The van der Waals surface area contributed by atoms with Crippen LogP contribution in [0.25, 0.3) is 56.4 Å². The molecule has 1 heterocycles. The van der Waals surface area contributed by atoms with Crippen LogP contribution in [0, 0.1) is 0 Å². The third-order valence-electron chi connectivity index (χ3n) is 10.3. The molecule has 3 nitrogen and oxygen atoms in total. The van der Waals surface area contributed by atoms with Crippen LogP contribution in [0.5, 0.6) is 0 Å². The lowest BCUT2D eigenvalue weighted by atomic mass is 10.0. The number of benzene rings is 8. The van der Waals surface area contributed by atoms with E-state index in [-0.39, 0.29) is 0 Å². The Morgan fingerprint density at radius 1 is 0.218 bits per heavy atom. The van der Waals surface area contributed by atoms with Crippen molar-refractivity contribution in [1.29, 1.82) is 0 Å². The molecule has 9 rings (SSSR count). The number of aromatic nitrogens is 3. The first-order valence-corrected chi connectivity index (χ1v) is 20.6. The Hall–Kier alpha value is -7.01. The van der Waals surface area contributed by atoms with Crippen molar-refractivity contribution in [2.24, 2.45) is 0 Å². The van der Waals surface area contributed by atoms with Crippen molar-refractivity contribution >= 4 is 28.8 Å². The number of hydrogen-bond acceptors (Lipinski definition) is 3. The van der Waals surface area contributed by atoms with Crippen molar-refractivity contribution in [3.05, 3.63) is 224 Å². The van der Waals surface area contributed by atoms with Crippen LogP contribution in [0.2, 0.25) is 0 Å². The summed E-state index contributed by atoms with van der Waals surface area (Å²) in [5.74, 6) is 1.92.